The van der Waals surface area contributed by atoms with Crippen LogP contribution in [0.3, 0.4) is 0 Å². The lowest BCUT2D eigenvalue weighted by molar-refractivity contribution is 0.113. The molecule has 0 spiro atoms. The molecule has 1 aliphatic carbocycles. The molecule has 0 aromatic carbocycles. The minimum absolute atomic E-state index is 0.129. The van der Waals surface area contributed by atoms with Gasteiger partial charge in [0, 0.05) is 20.1 Å². The number of hydrogen-bond donors (Lipinski definition) is 2. The van der Waals surface area contributed by atoms with E-state index in [1.165, 1.54) is 0 Å². The first-order valence-corrected chi connectivity index (χ1v) is 6.79. The maximum Gasteiger partial charge on any atom is 0.317 e. The van der Waals surface area contributed by atoms with E-state index in [1.807, 2.05) is 16.8 Å². The smallest absolute Gasteiger partial charge is 0.317 e. The number of carbonyl (C=O) groups excluding carboxylic acids is 1. The van der Waals surface area contributed by atoms with Crippen molar-refractivity contribution in [1.82, 2.24) is 10.2 Å². The summed E-state index contributed by atoms with van der Waals surface area (Å²) in [7, 11) is 1.72. The van der Waals surface area contributed by atoms with Crippen LogP contribution in [0.5, 0.6) is 0 Å². The van der Waals surface area contributed by atoms with Gasteiger partial charge in [-0.2, -0.15) is 11.3 Å². The number of urea groups is 1. The van der Waals surface area contributed by atoms with Crippen LogP contribution in [-0.2, 0) is 6.54 Å². The Morgan fingerprint density at radius 3 is 3.06 bits per heavy atom. The summed E-state index contributed by atoms with van der Waals surface area (Å²) in [5, 5.41) is 16.6. The van der Waals surface area contributed by atoms with Gasteiger partial charge in [0.25, 0.3) is 0 Å². The summed E-state index contributed by atoms with van der Waals surface area (Å²) < 4.78 is 0. The summed E-state index contributed by atoms with van der Waals surface area (Å²) in [6, 6.07) is 1.86. The standard InChI is InChI=1S/C12H18N2O2S/c1-14(7-11(15)10-2-3-10)12(16)13-6-9-4-5-17-8-9/h4-5,8,10-11,15H,2-3,6-7H2,1H3,(H,13,16). The molecule has 2 N–H and O–H groups in total. The number of rotatable bonds is 5. The van der Waals surface area contributed by atoms with E-state index in [-0.39, 0.29) is 12.1 Å². The van der Waals surface area contributed by atoms with E-state index in [4.69, 9.17) is 0 Å². The maximum atomic E-state index is 11.7. The molecule has 5 heteroatoms. The second-order valence-corrected chi connectivity index (χ2v) is 5.36. The first-order valence-electron chi connectivity index (χ1n) is 5.85. The van der Waals surface area contributed by atoms with Crippen molar-refractivity contribution in [3.8, 4) is 0 Å². The predicted octanol–water partition coefficient (Wildman–Crippen LogP) is 1.66. The third-order valence-corrected chi connectivity index (χ3v) is 3.73. The number of nitrogens with zero attached hydrogens (tertiary/aromatic N) is 1. The number of hydrogen-bond acceptors (Lipinski definition) is 3. The molecule has 94 valence electrons. The fourth-order valence-corrected chi connectivity index (χ4v) is 2.37. The van der Waals surface area contributed by atoms with Crippen molar-refractivity contribution < 1.29 is 9.90 Å². The highest BCUT2D eigenvalue weighted by Gasteiger charge is 2.31. The van der Waals surface area contributed by atoms with Crippen LogP contribution >= 0.6 is 11.3 Å². The van der Waals surface area contributed by atoms with Gasteiger partial charge in [-0.3, -0.25) is 0 Å². The molecular formula is C12H18N2O2S. The van der Waals surface area contributed by atoms with E-state index in [0.29, 0.717) is 19.0 Å². The third-order valence-electron chi connectivity index (χ3n) is 3.00. The molecule has 1 atom stereocenters. The van der Waals surface area contributed by atoms with Gasteiger partial charge in [-0.15, -0.1) is 0 Å². The molecule has 1 aromatic heterocycles. The first-order chi connectivity index (χ1) is 8.16. The average Bonchev–Trinajstić information content (AvgIpc) is 3.04. The number of aliphatic hydroxyl groups is 1. The summed E-state index contributed by atoms with van der Waals surface area (Å²) in [6.07, 6.45) is 1.81. The van der Waals surface area contributed by atoms with Crippen molar-refractivity contribution >= 4 is 17.4 Å². The Kier molecular flexibility index (Phi) is 4.02. The van der Waals surface area contributed by atoms with Crippen LogP contribution in [-0.4, -0.2) is 35.7 Å². The molecule has 1 unspecified atom stereocenters. The normalized spacial score (nSPS) is 16.6. The SMILES string of the molecule is CN(CC(O)C1CC1)C(=O)NCc1ccsc1. The van der Waals surface area contributed by atoms with Gasteiger partial charge in [-0.25, -0.2) is 4.79 Å². The van der Waals surface area contributed by atoms with Gasteiger partial charge in [0.1, 0.15) is 0 Å². The molecular weight excluding hydrogens is 236 g/mol. The molecule has 1 heterocycles. The van der Waals surface area contributed by atoms with Crippen LogP contribution in [0.25, 0.3) is 0 Å². The lowest BCUT2D eigenvalue weighted by atomic mass is 10.2. The van der Waals surface area contributed by atoms with E-state index in [9.17, 15) is 9.90 Å². The highest BCUT2D eigenvalue weighted by Crippen LogP contribution is 2.32. The monoisotopic (exact) mass is 254 g/mol. The zero-order chi connectivity index (χ0) is 12.3. The Bertz CT molecular complexity index is 363. The summed E-state index contributed by atoms with van der Waals surface area (Å²) in [4.78, 5) is 13.3. The van der Waals surface area contributed by atoms with Crippen LogP contribution in [0, 0.1) is 5.92 Å². The van der Waals surface area contributed by atoms with Crippen LogP contribution in [0.15, 0.2) is 16.8 Å². The van der Waals surface area contributed by atoms with Gasteiger partial charge in [0.15, 0.2) is 0 Å². The number of nitrogens with one attached hydrogen (secondary N) is 1. The highest BCUT2D eigenvalue weighted by atomic mass is 32.1. The lowest BCUT2D eigenvalue weighted by Crippen LogP contribution is -2.41. The van der Waals surface area contributed by atoms with Gasteiger partial charge in [-0.05, 0) is 41.1 Å². The van der Waals surface area contributed by atoms with E-state index in [2.05, 4.69) is 5.32 Å². The Hall–Kier alpha value is -1.07. The molecule has 0 radical (unpaired) electrons. The average molecular weight is 254 g/mol. The highest BCUT2D eigenvalue weighted by molar-refractivity contribution is 7.07. The van der Waals surface area contributed by atoms with Crippen molar-refractivity contribution in [2.75, 3.05) is 13.6 Å². The first kappa shape index (κ1) is 12.4. The quantitative estimate of drug-likeness (QED) is 0.839. The summed E-state index contributed by atoms with van der Waals surface area (Å²) in [5.74, 6) is 0.405. The van der Waals surface area contributed by atoms with Crippen molar-refractivity contribution in [3.05, 3.63) is 22.4 Å². The van der Waals surface area contributed by atoms with Crippen LogP contribution in [0.4, 0.5) is 4.79 Å². The molecule has 1 saturated carbocycles. The number of amides is 2. The Labute approximate surface area is 105 Å². The molecule has 2 rings (SSSR count). The molecule has 1 aliphatic rings. The molecule has 0 aliphatic heterocycles. The minimum Gasteiger partial charge on any atom is -0.391 e. The topological polar surface area (TPSA) is 52.6 Å². The second-order valence-electron chi connectivity index (χ2n) is 4.58. The van der Waals surface area contributed by atoms with Gasteiger partial charge in [0.05, 0.1) is 6.10 Å². The third kappa shape index (κ3) is 3.71. The molecule has 1 fully saturated rings. The zero-order valence-electron chi connectivity index (χ0n) is 9.93. The molecule has 4 nitrogen and oxygen atoms in total. The molecule has 0 bridgehead atoms. The number of aliphatic hydroxyl groups excluding tert-OH is 1. The lowest BCUT2D eigenvalue weighted by Gasteiger charge is -2.21. The number of thiophene rings is 1. The van der Waals surface area contributed by atoms with Crippen molar-refractivity contribution in [2.24, 2.45) is 5.92 Å². The van der Waals surface area contributed by atoms with Gasteiger partial charge < -0.3 is 15.3 Å². The molecule has 0 saturated heterocycles. The fraction of sp³-hybridized carbons (Fsp3) is 0.583. The van der Waals surface area contributed by atoms with Gasteiger partial charge >= 0.3 is 6.03 Å². The zero-order valence-corrected chi connectivity index (χ0v) is 10.7. The predicted molar refractivity (Wildman–Crippen MR) is 67.9 cm³/mol. The van der Waals surface area contributed by atoms with E-state index < -0.39 is 0 Å². The molecule has 1 aromatic rings. The van der Waals surface area contributed by atoms with E-state index in [1.54, 1.807) is 23.3 Å². The van der Waals surface area contributed by atoms with Crippen molar-refractivity contribution in [3.63, 3.8) is 0 Å². The van der Waals surface area contributed by atoms with Crippen molar-refractivity contribution in [2.45, 2.75) is 25.5 Å². The molecule has 2 amide bonds. The van der Waals surface area contributed by atoms with E-state index in [0.717, 1.165) is 18.4 Å². The second kappa shape index (κ2) is 5.51. The molecule has 17 heavy (non-hydrogen) atoms. The minimum atomic E-state index is -0.369. The largest absolute Gasteiger partial charge is 0.391 e. The van der Waals surface area contributed by atoms with Crippen LogP contribution in [0.2, 0.25) is 0 Å². The van der Waals surface area contributed by atoms with Gasteiger partial charge in [-0.1, -0.05) is 0 Å². The summed E-state index contributed by atoms with van der Waals surface area (Å²) in [6.45, 7) is 0.965. The Morgan fingerprint density at radius 1 is 1.71 bits per heavy atom. The van der Waals surface area contributed by atoms with Crippen LogP contribution in [0.1, 0.15) is 18.4 Å². The summed E-state index contributed by atoms with van der Waals surface area (Å²) in [5.41, 5.74) is 1.11. The van der Waals surface area contributed by atoms with E-state index >= 15 is 0 Å². The Balaban J connectivity index is 1.71. The number of carbonyl (C=O) groups is 1. The van der Waals surface area contributed by atoms with Gasteiger partial charge in [0.2, 0.25) is 0 Å². The summed E-state index contributed by atoms with van der Waals surface area (Å²) >= 11 is 1.62. The fourth-order valence-electron chi connectivity index (χ4n) is 1.70. The van der Waals surface area contributed by atoms with Crippen molar-refractivity contribution in [1.29, 1.82) is 0 Å². The van der Waals surface area contributed by atoms with Crippen LogP contribution < -0.4 is 5.32 Å². The Morgan fingerprint density at radius 2 is 2.47 bits per heavy atom. The number of likely N-dealkylation sites (N-methyl/N-ethyl adjacent to an activating group) is 1. The maximum absolute atomic E-state index is 11.7.